The molecule has 0 radical (unpaired) electrons. The second-order valence-electron chi connectivity index (χ2n) is 3.87. The van der Waals surface area contributed by atoms with Crippen LogP contribution in [0, 0.1) is 0 Å². The first-order valence-corrected chi connectivity index (χ1v) is 5.89. The summed E-state index contributed by atoms with van der Waals surface area (Å²) in [6.07, 6.45) is 1.40. The highest BCUT2D eigenvalue weighted by atomic mass is 35.5. The van der Waals surface area contributed by atoms with Gasteiger partial charge in [-0.2, -0.15) is 4.98 Å². The number of rotatable bonds is 4. The van der Waals surface area contributed by atoms with E-state index in [9.17, 15) is 0 Å². The molecule has 17 heavy (non-hydrogen) atoms. The minimum atomic E-state index is -0.179. The maximum atomic E-state index is 5.81. The van der Waals surface area contributed by atoms with Crippen LogP contribution in [-0.2, 0) is 6.42 Å². The number of hydrogen-bond acceptors (Lipinski definition) is 4. The molecule has 1 aromatic heterocycles. The van der Waals surface area contributed by atoms with Crippen LogP contribution >= 0.6 is 11.6 Å². The lowest BCUT2D eigenvalue weighted by Crippen LogP contribution is -2.08. The minimum absolute atomic E-state index is 0.179. The van der Waals surface area contributed by atoms with Gasteiger partial charge in [0.05, 0.1) is 6.04 Å². The molecule has 1 heterocycles. The largest absolute Gasteiger partial charge is 0.338 e. The second kappa shape index (κ2) is 5.29. The minimum Gasteiger partial charge on any atom is -0.338 e. The Morgan fingerprint density at radius 3 is 2.71 bits per heavy atom. The number of nitrogens with zero attached hydrogens (tertiary/aromatic N) is 2. The van der Waals surface area contributed by atoms with Crippen molar-refractivity contribution in [3.05, 3.63) is 46.6 Å². The summed E-state index contributed by atoms with van der Waals surface area (Å²) in [4.78, 5) is 4.26. The third-order valence-corrected chi connectivity index (χ3v) is 2.77. The van der Waals surface area contributed by atoms with Crippen molar-refractivity contribution in [2.45, 2.75) is 25.8 Å². The zero-order chi connectivity index (χ0) is 12.3. The molecule has 4 nitrogen and oxygen atoms in total. The Bertz CT molecular complexity index is 481. The fourth-order valence-electron chi connectivity index (χ4n) is 1.45. The first-order chi connectivity index (χ1) is 8.19. The molecule has 0 fully saturated rings. The molecule has 0 aliphatic heterocycles. The third kappa shape index (κ3) is 3.05. The van der Waals surface area contributed by atoms with Crippen LogP contribution in [0.15, 0.2) is 28.8 Å². The van der Waals surface area contributed by atoms with Crippen LogP contribution in [-0.4, -0.2) is 10.1 Å². The smallest absolute Gasteiger partial charge is 0.243 e. The molecule has 0 aliphatic carbocycles. The Labute approximate surface area is 105 Å². The zero-order valence-corrected chi connectivity index (χ0v) is 10.3. The van der Waals surface area contributed by atoms with E-state index in [-0.39, 0.29) is 6.04 Å². The summed E-state index contributed by atoms with van der Waals surface area (Å²) in [5.74, 6) is 1.14. The van der Waals surface area contributed by atoms with Crippen molar-refractivity contribution in [1.82, 2.24) is 10.1 Å². The van der Waals surface area contributed by atoms with E-state index in [1.165, 1.54) is 0 Å². The summed E-state index contributed by atoms with van der Waals surface area (Å²) < 4.78 is 5.10. The third-order valence-electron chi connectivity index (χ3n) is 2.52. The van der Waals surface area contributed by atoms with E-state index in [4.69, 9.17) is 21.9 Å². The van der Waals surface area contributed by atoms with Crippen LogP contribution in [0.2, 0.25) is 5.02 Å². The van der Waals surface area contributed by atoms with Gasteiger partial charge in [-0.05, 0) is 24.1 Å². The standard InChI is InChI=1S/C12H14ClN3O/c1-2-10(14)12-15-11(16-17-12)7-8-3-5-9(13)6-4-8/h3-6,10H,2,7,14H2,1H3/t10-/m0/s1. The molecule has 0 aliphatic rings. The van der Waals surface area contributed by atoms with E-state index in [0.717, 1.165) is 17.0 Å². The zero-order valence-electron chi connectivity index (χ0n) is 9.56. The van der Waals surface area contributed by atoms with Crippen molar-refractivity contribution in [3.63, 3.8) is 0 Å². The average Bonchev–Trinajstić information content (AvgIpc) is 2.80. The van der Waals surface area contributed by atoms with Crippen molar-refractivity contribution in [2.75, 3.05) is 0 Å². The van der Waals surface area contributed by atoms with E-state index in [1.807, 2.05) is 31.2 Å². The lowest BCUT2D eigenvalue weighted by atomic mass is 10.1. The SMILES string of the molecule is CC[C@H](N)c1nc(Cc2ccc(Cl)cc2)no1. The molecule has 2 N–H and O–H groups in total. The Balaban J connectivity index is 2.08. The number of aromatic nitrogens is 2. The summed E-state index contributed by atoms with van der Waals surface area (Å²) >= 11 is 5.81. The van der Waals surface area contributed by atoms with Crippen LogP contribution in [0.4, 0.5) is 0 Å². The molecule has 0 unspecified atom stereocenters. The van der Waals surface area contributed by atoms with Gasteiger partial charge in [0.2, 0.25) is 5.89 Å². The van der Waals surface area contributed by atoms with Gasteiger partial charge < -0.3 is 10.3 Å². The molecule has 0 saturated carbocycles. The van der Waals surface area contributed by atoms with Crippen LogP contribution in [0.1, 0.15) is 36.7 Å². The Kier molecular flexibility index (Phi) is 3.76. The first kappa shape index (κ1) is 12.1. The summed E-state index contributed by atoms with van der Waals surface area (Å²) in [5.41, 5.74) is 6.90. The fourth-order valence-corrected chi connectivity index (χ4v) is 1.58. The molecule has 1 aromatic carbocycles. The van der Waals surface area contributed by atoms with Crippen LogP contribution in [0.5, 0.6) is 0 Å². The topological polar surface area (TPSA) is 64.9 Å². The normalized spacial score (nSPS) is 12.6. The molecule has 5 heteroatoms. The monoisotopic (exact) mass is 251 g/mol. The van der Waals surface area contributed by atoms with E-state index in [2.05, 4.69) is 10.1 Å². The molecular weight excluding hydrogens is 238 g/mol. The van der Waals surface area contributed by atoms with Crippen molar-refractivity contribution >= 4 is 11.6 Å². The second-order valence-corrected chi connectivity index (χ2v) is 4.30. The first-order valence-electron chi connectivity index (χ1n) is 5.51. The predicted molar refractivity (Wildman–Crippen MR) is 65.8 cm³/mol. The lowest BCUT2D eigenvalue weighted by Gasteiger charge is -1.99. The quantitative estimate of drug-likeness (QED) is 0.907. The lowest BCUT2D eigenvalue weighted by molar-refractivity contribution is 0.348. The molecule has 2 aromatic rings. The summed E-state index contributed by atoms with van der Waals surface area (Å²) in [7, 11) is 0. The van der Waals surface area contributed by atoms with Crippen molar-refractivity contribution in [2.24, 2.45) is 5.73 Å². The molecule has 1 atom stereocenters. The molecule has 2 rings (SSSR count). The Morgan fingerprint density at radius 1 is 1.35 bits per heavy atom. The highest BCUT2D eigenvalue weighted by Gasteiger charge is 2.12. The molecule has 0 spiro atoms. The fraction of sp³-hybridized carbons (Fsp3) is 0.333. The number of benzene rings is 1. The number of halogens is 1. The Hall–Kier alpha value is -1.39. The van der Waals surface area contributed by atoms with Gasteiger partial charge in [0, 0.05) is 11.4 Å². The number of nitrogens with two attached hydrogens (primary N) is 1. The Morgan fingerprint density at radius 2 is 2.06 bits per heavy atom. The van der Waals surface area contributed by atoms with Gasteiger partial charge >= 0.3 is 0 Å². The highest BCUT2D eigenvalue weighted by Crippen LogP contribution is 2.14. The van der Waals surface area contributed by atoms with Crippen LogP contribution in [0.25, 0.3) is 0 Å². The van der Waals surface area contributed by atoms with E-state index < -0.39 is 0 Å². The molecular formula is C12H14ClN3O. The van der Waals surface area contributed by atoms with Gasteiger partial charge in [0.15, 0.2) is 5.82 Å². The van der Waals surface area contributed by atoms with Gasteiger partial charge in [-0.15, -0.1) is 0 Å². The maximum absolute atomic E-state index is 5.81. The molecule has 0 bridgehead atoms. The van der Waals surface area contributed by atoms with Gasteiger partial charge in [0.1, 0.15) is 0 Å². The van der Waals surface area contributed by atoms with E-state index in [0.29, 0.717) is 18.1 Å². The average molecular weight is 252 g/mol. The van der Waals surface area contributed by atoms with Gasteiger partial charge in [-0.25, -0.2) is 0 Å². The maximum Gasteiger partial charge on any atom is 0.243 e. The summed E-state index contributed by atoms with van der Waals surface area (Å²) in [6.45, 7) is 1.98. The van der Waals surface area contributed by atoms with E-state index >= 15 is 0 Å². The molecule has 90 valence electrons. The van der Waals surface area contributed by atoms with Crippen LogP contribution < -0.4 is 5.73 Å². The van der Waals surface area contributed by atoms with Crippen LogP contribution in [0.3, 0.4) is 0 Å². The molecule has 0 amide bonds. The highest BCUT2D eigenvalue weighted by molar-refractivity contribution is 6.30. The predicted octanol–water partition coefficient (Wildman–Crippen LogP) is 2.72. The number of hydrogen-bond donors (Lipinski definition) is 1. The van der Waals surface area contributed by atoms with Gasteiger partial charge in [0.25, 0.3) is 0 Å². The summed E-state index contributed by atoms with van der Waals surface area (Å²) in [5, 5.41) is 4.62. The van der Waals surface area contributed by atoms with Gasteiger partial charge in [-0.1, -0.05) is 35.8 Å². The van der Waals surface area contributed by atoms with E-state index in [1.54, 1.807) is 0 Å². The van der Waals surface area contributed by atoms with Gasteiger partial charge in [-0.3, -0.25) is 0 Å². The van der Waals surface area contributed by atoms with Crippen molar-refractivity contribution in [3.8, 4) is 0 Å². The summed E-state index contributed by atoms with van der Waals surface area (Å²) in [6, 6.07) is 7.39. The van der Waals surface area contributed by atoms with Crippen molar-refractivity contribution in [1.29, 1.82) is 0 Å². The van der Waals surface area contributed by atoms with Crippen molar-refractivity contribution < 1.29 is 4.52 Å². The molecule has 0 saturated heterocycles.